The molecular formula is C39H33F3N8O15S2. The molecule has 0 radical (unpaired) electrons. The van der Waals surface area contributed by atoms with Crippen molar-refractivity contribution in [2.45, 2.75) is 22.4 Å². The van der Waals surface area contributed by atoms with Crippen LogP contribution in [0.2, 0.25) is 0 Å². The maximum Gasteiger partial charge on any atom is 0.418 e. The van der Waals surface area contributed by atoms with Gasteiger partial charge < -0.3 is 39.7 Å². The zero-order valence-electron chi connectivity index (χ0n) is 34.0. The Morgan fingerprint density at radius 1 is 0.716 bits per heavy atom. The molecule has 6 aromatic rings. The van der Waals surface area contributed by atoms with E-state index in [1.165, 1.54) is 37.4 Å². The Hall–Kier alpha value is -7.63. The summed E-state index contributed by atoms with van der Waals surface area (Å²) < 4.78 is 128. The highest BCUT2D eigenvalue weighted by Crippen LogP contribution is 2.46. The van der Waals surface area contributed by atoms with Crippen LogP contribution < -0.4 is 14.2 Å². The number of aliphatic hydroxyl groups is 2. The first kappa shape index (κ1) is 48.8. The molecule has 0 amide bonds. The van der Waals surface area contributed by atoms with Crippen molar-refractivity contribution in [1.29, 1.82) is 0 Å². The van der Waals surface area contributed by atoms with Crippen molar-refractivity contribution in [3.05, 3.63) is 90.1 Å². The van der Waals surface area contributed by atoms with Crippen LogP contribution in [0.3, 0.4) is 0 Å². The van der Waals surface area contributed by atoms with Gasteiger partial charge in [-0.3, -0.25) is 13.9 Å². The van der Waals surface area contributed by atoms with E-state index in [2.05, 4.69) is 35.8 Å². The second kappa shape index (κ2) is 19.9. The van der Waals surface area contributed by atoms with Crippen LogP contribution in [-0.2, 0) is 37.6 Å². The highest BCUT2D eigenvalue weighted by atomic mass is 32.2. The zero-order chi connectivity index (χ0) is 48.8. The largest absolute Gasteiger partial charge is 0.505 e. The quantitative estimate of drug-likeness (QED) is 0.0322. The van der Waals surface area contributed by atoms with Crippen molar-refractivity contribution in [3.8, 4) is 34.6 Å². The van der Waals surface area contributed by atoms with E-state index >= 15 is 0 Å². The number of nitrogens with zero attached hydrogens (tertiary/aromatic N) is 8. The summed E-state index contributed by atoms with van der Waals surface area (Å²) >= 11 is 0. The second-order valence-corrected chi connectivity index (χ2v) is 16.2. The van der Waals surface area contributed by atoms with Gasteiger partial charge in [0.15, 0.2) is 11.4 Å². The third-order valence-electron chi connectivity index (χ3n) is 8.96. The number of phenolic OH excluding ortho intramolecular Hbond substituents is 1. The molecule has 0 bridgehead atoms. The van der Waals surface area contributed by atoms with Crippen LogP contribution in [0.4, 0.5) is 47.3 Å². The summed E-state index contributed by atoms with van der Waals surface area (Å²) in [6.45, 7) is -1.79. The number of azo groups is 3. The van der Waals surface area contributed by atoms with Gasteiger partial charge in [0.1, 0.15) is 68.7 Å². The van der Waals surface area contributed by atoms with Crippen molar-refractivity contribution in [3.63, 3.8) is 0 Å². The lowest BCUT2D eigenvalue weighted by Crippen LogP contribution is -2.04. The third-order valence-corrected chi connectivity index (χ3v) is 10.7. The van der Waals surface area contributed by atoms with E-state index in [0.29, 0.717) is 0 Å². The summed E-state index contributed by atoms with van der Waals surface area (Å²) in [6, 6.07) is 14.2. The van der Waals surface area contributed by atoms with Gasteiger partial charge in [-0.1, -0.05) is 12.1 Å². The Labute approximate surface area is 374 Å². The van der Waals surface area contributed by atoms with Gasteiger partial charge >= 0.3 is 12.1 Å². The molecule has 0 fully saturated rings. The molecule has 0 aliphatic heterocycles. The highest BCUT2D eigenvalue weighted by Gasteiger charge is 2.33. The number of hydrogen-bond acceptors (Lipinski definition) is 19. The molecule has 0 atom stereocenters. The molecule has 5 aromatic carbocycles. The van der Waals surface area contributed by atoms with Crippen LogP contribution in [0.5, 0.6) is 28.9 Å². The maximum absolute atomic E-state index is 13.6. The summed E-state index contributed by atoms with van der Waals surface area (Å²) in [5.74, 6) is -3.64. The molecule has 0 aliphatic carbocycles. The average Bonchev–Trinajstić information content (AvgIpc) is 3.57. The number of hydrogen-bond donors (Lipinski definition) is 7. The molecular weight excluding hydrogens is 942 g/mol. The van der Waals surface area contributed by atoms with Gasteiger partial charge in [-0.05, 0) is 53.9 Å². The van der Waals surface area contributed by atoms with Crippen molar-refractivity contribution >= 4 is 71.1 Å². The number of carboxylic acids is 1. The van der Waals surface area contributed by atoms with Gasteiger partial charge in [0.2, 0.25) is 5.88 Å². The van der Waals surface area contributed by atoms with E-state index in [1.54, 1.807) is 0 Å². The number of methoxy groups -OCH3 is 1. The molecule has 0 aliphatic rings. The number of aromatic nitrogens is 2. The minimum absolute atomic E-state index is 0.0605. The number of rotatable bonds is 18. The fraction of sp³-hybridized carbons (Fsp3) is 0.179. The summed E-state index contributed by atoms with van der Waals surface area (Å²) in [5, 5.41) is 77.9. The van der Waals surface area contributed by atoms with Gasteiger partial charge in [0.05, 0.1) is 43.7 Å². The number of fused-ring (bicyclic) bond motifs is 1. The number of halogens is 3. The fourth-order valence-corrected chi connectivity index (χ4v) is 7.31. The Morgan fingerprint density at radius 2 is 1.30 bits per heavy atom. The number of carboxylic acid groups (broad SMARTS) is 1. The number of aromatic hydroxyl groups is 2. The molecule has 0 unspecified atom stereocenters. The van der Waals surface area contributed by atoms with Crippen molar-refractivity contribution in [2.24, 2.45) is 30.7 Å². The topological polar surface area (TPSA) is 347 Å². The minimum atomic E-state index is -5.28. The molecule has 0 spiro atoms. The van der Waals surface area contributed by atoms with Gasteiger partial charge in [0.25, 0.3) is 20.2 Å². The number of benzene rings is 5. The Kier molecular flexibility index (Phi) is 14.5. The van der Waals surface area contributed by atoms with Crippen molar-refractivity contribution in [2.75, 3.05) is 33.5 Å². The predicted molar refractivity (Wildman–Crippen MR) is 224 cm³/mol. The third kappa shape index (κ3) is 11.3. The normalized spacial score (nSPS) is 12.5. The predicted octanol–water partition coefficient (Wildman–Crippen LogP) is 7.57. The molecule has 6 rings (SSSR count). The summed E-state index contributed by atoms with van der Waals surface area (Å²) in [4.78, 5) is 9.98. The van der Waals surface area contributed by atoms with Crippen LogP contribution in [-0.4, -0.2) is 101 Å². The van der Waals surface area contributed by atoms with Crippen molar-refractivity contribution < 1.29 is 83.7 Å². The number of alkyl halides is 3. The van der Waals surface area contributed by atoms with Gasteiger partial charge in [-0.2, -0.15) is 39.8 Å². The first-order valence-corrected chi connectivity index (χ1v) is 21.5. The lowest BCUT2D eigenvalue weighted by molar-refractivity contribution is -0.137. The van der Waals surface area contributed by atoms with E-state index in [-0.39, 0.29) is 64.0 Å². The Bertz CT molecular complexity index is 3200. The monoisotopic (exact) mass is 974 g/mol. The molecule has 1 heterocycles. The van der Waals surface area contributed by atoms with Crippen LogP contribution in [0.15, 0.2) is 119 Å². The van der Waals surface area contributed by atoms with Gasteiger partial charge in [-0.15, -0.1) is 30.7 Å². The van der Waals surface area contributed by atoms with Crippen LogP contribution in [0.25, 0.3) is 16.5 Å². The number of phenols is 1. The Morgan fingerprint density at radius 3 is 1.88 bits per heavy atom. The number of aliphatic carboxylic acids is 1. The maximum atomic E-state index is 13.6. The minimum Gasteiger partial charge on any atom is -0.505 e. The molecule has 28 heteroatoms. The highest BCUT2D eigenvalue weighted by molar-refractivity contribution is 7.86. The standard InChI is InChI=1S/C39H33F3N8O15S2/c1-63-22-7-9-26(32(16-22)66(57,58)59)44-45-27-17-31(65-13-11-52)28(18-30(27)64-12-10-51)46-48-36-33(67(60,61)62)15-20-14-21(6-8-23(20)37(36)55)50-38(56)35(29(49-50)19-34(53)54)47-43-25-5-3-2-4-24(25)39(40,41)42/h2-9,14-18,51-52,55-56H,10-13,19H2,1H3,(H,53,54)(H,57,58,59)(H,60,61,62). The second-order valence-electron chi connectivity index (χ2n) is 13.4. The number of aliphatic hydroxyl groups excluding tert-OH is 2. The molecule has 352 valence electrons. The fourth-order valence-electron chi connectivity index (χ4n) is 6.02. The van der Waals surface area contributed by atoms with Crippen LogP contribution >= 0.6 is 0 Å². The lowest BCUT2D eigenvalue weighted by atomic mass is 10.1. The zero-order valence-corrected chi connectivity index (χ0v) is 35.6. The number of carbonyl (C=O) groups is 1. The van der Waals surface area contributed by atoms with Crippen LogP contribution in [0.1, 0.15) is 11.3 Å². The summed E-state index contributed by atoms with van der Waals surface area (Å²) in [6.07, 6.45) is -5.73. The average molecular weight is 975 g/mol. The van der Waals surface area contributed by atoms with E-state index < -0.39 is 102 Å². The van der Waals surface area contributed by atoms with Gasteiger partial charge in [0, 0.05) is 23.6 Å². The lowest BCUT2D eigenvalue weighted by Gasteiger charge is -2.13. The van der Waals surface area contributed by atoms with Crippen molar-refractivity contribution in [1.82, 2.24) is 9.78 Å². The molecule has 7 N–H and O–H groups in total. The summed E-state index contributed by atoms with van der Waals surface area (Å²) in [7, 11) is -8.87. The van der Waals surface area contributed by atoms with Crippen LogP contribution in [0, 0.1) is 0 Å². The number of ether oxygens (including phenoxy) is 3. The van der Waals surface area contributed by atoms with E-state index in [9.17, 15) is 69.4 Å². The first-order chi connectivity index (χ1) is 31.6. The molecule has 67 heavy (non-hydrogen) atoms. The Balaban J connectivity index is 1.44. The molecule has 23 nitrogen and oxygen atoms in total. The molecule has 1 aromatic heterocycles. The van der Waals surface area contributed by atoms with Gasteiger partial charge in [-0.25, -0.2) is 0 Å². The SMILES string of the molecule is COc1ccc(N=Nc2cc(OCCO)c(N=Nc3c(S(=O)(=O)O)cc4cc(-n5nc(CC(=O)O)c(N=Nc6ccccc6C(F)(F)F)c5O)ccc4c3O)cc2OCCO)c(S(=O)(=O)O)c1. The summed E-state index contributed by atoms with van der Waals surface area (Å²) in [5.41, 5.74) is -4.70. The molecule has 0 saturated carbocycles. The van der Waals surface area contributed by atoms with E-state index in [0.717, 1.165) is 53.2 Å². The molecule has 0 saturated heterocycles. The first-order valence-electron chi connectivity index (χ1n) is 18.7. The smallest absolute Gasteiger partial charge is 0.418 e. The van der Waals surface area contributed by atoms with E-state index in [1.807, 2.05) is 0 Å². The van der Waals surface area contributed by atoms with E-state index in [4.69, 9.17) is 14.2 Å².